The summed E-state index contributed by atoms with van der Waals surface area (Å²) in [6.07, 6.45) is 0. The van der Waals surface area contributed by atoms with Crippen molar-refractivity contribution in [2.45, 2.75) is 0 Å². The topological polar surface area (TPSA) is 262 Å². The van der Waals surface area contributed by atoms with E-state index in [1.54, 1.807) is 24.3 Å². The molecule has 0 bridgehead atoms. The molecule has 0 aliphatic rings. The fraction of sp³-hybridized carbons (Fsp3) is 0. The number of nitrogen functional groups attached to an aromatic ring is 2. The summed E-state index contributed by atoms with van der Waals surface area (Å²) in [6.45, 7) is 0. The molecule has 10 N–H and O–H groups in total. The molecule has 0 atom stereocenters. The van der Waals surface area contributed by atoms with Crippen molar-refractivity contribution in [2.24, 2.45) is 11.7 Å². The number of carbonyl (C=O) groups is 2. The van der Waals surface area contributed by atoms with Gasteiger partial charge in [-0.2, -0.15) is 0 Å². The average Bonchev–Trinajstić information content (AvgIpc) is 2.60. The number of para-hydroxylation sites is 2. The third-order valence-electron chi connectivity index (χ3n) is 2.56. The maximum absolute atomic E-state index is 10.8. The van der Waals surface area contributed by atoms with Gasteiger partial charge in [-0.1, -0.05) is 24.3 Å². The first-order chi connectivity index (χ1) is 12.5. The Morgan fingerprint density at radius 1 is 0.793 bits per heavy atom. The van der Waals surface area contributed by atoms with E-state index in [2.05, 4.69) is 0 Å². The van der Waals surface area contributed by atoms with Gasteiger partial charge in [-0.3, -0.25) is 28.9 Å². The SMILES string of the molecule is NNC(=O)c1ccccc1O.NNC(=O)c1ccccc1O.O.O=S(=O)([O-])[O-].[Zn+2]. The quantitative estimate of drug-likeness (QED) is 0.0671. The number of aromatic hydroxyl groups is 2. The zero-order valence-electron chi connectivity index (χ0n) is 14.7. The van der Waals surface area contributed by atoms with Gasteiger partial charge in [-0.15, -0.1) is 0 Å². The molecular formula is C14H18N4O9SZn. The zero-order valence-corrected chi connectivity index (χ0v) is 18.5. The molecule has 0 aliphatic heterocycles. The van der Waals surface area contributed by atoms with E-state index in [4.69, 9.17) is 39.4 Å². The molecule has 0 unspecified atom stereocenters. The summed E-state index contributed by atoms with van der Waals surface area (Å²) in [5, 5.41) is 18.2. The molecule has 156 valence electrons. The molecule has 2 amide bonds. The van der Waals surface area contributed by atoms with Crippen LogP contribution in [0.4, 0.5) is 0 Å². The maximum atomic E-state index is 10.8. The van der Waals surface area contributed by atoms with E-state index in [9.17, 15) is 9.59 Å². The Morgan fingerprint density at radius 3 is 1.24 bits per heavy atom. The van der Waals surface area contributed by atoms with Gasteiger partial charge in [-0.05, 0) is 24.3 Å². The summed E-state index contributed by atoms with van der Waals surface area (Å²) in [5.74, 6) is 8.58. The van der Waals surface area contributed by atoms with Gasteiger partial charge in [0.25, 0.3) is 11.8 Å². The van der Waals surface area contributed by atoms with Gasteiger partial charge in [0.2, 0.25) is 0 Å². The van der Waals surface area contributed by atoms with E-state index in [0.717, 1.165) is 0 Å². The van der Waals surface area contributed by atoms with Crippen LogP contribution in [-0.2, 0) is 29.9 Å². The Labute approximate surface area is 178 Å². The molecule has 2 aromatic carbocycles. The fourth-order valence-corrected chi connectivity index (χ4v) is 1.49. The number of phenols is 2. The molecular weight excluding hydrogens is 466 g/mol. The van der Waals surface area contributed by atoms with Gasteiger partial charge < -0.3 is 24.8 Å². The Morgan fingerprint density at radius 2 is 1.03 bits per heavy atom. The minimum Gasteiger partial charge on any atom is -0.759 e. The zero-order chi connectivity index (χ0) is 21.0. The predicted molar refractivity (Wildman–Crippen MR) is 93.6 cm³/mol. The van der Waals surface area contributed by atoms with Crippen LogP contribution in [0, 0.1) is 0 Å². The molecule has 0 radical (unpaired) electrons. The second-order valence-corrected chi connectivity index (χ2v) is 5.21. The first-order valence-electron chi connectivity index (χ1n) is 6.75. The molecule has 29 heavy (non-hydrogen) atoms. The minimum atomic E-state index is -5.17. The summed E-state index contributed by atoms with van der Waals surface area (Å²) in [5.41, 5.74) is 4.20. The van der Waals surface area contributed by atoms with Crippen LogP contribution in [0.3, 0.4) is 0 Å². The summed E-state index contributed by atoms with van der Waals surface area (Å²) >= 11 is 0. The summed E-state index contributed by atoms with van der Waals surface area (Å²) in [7, 11) is -5.17. The first-order valence-corrected chi connectivity index (χ1v) is 8.09. The second kappa shape index (κ2) is 15.3. The summed E-state index contributed by atoms with van der Waals surface area (Å²) < 4.78 is 34.1. The van der Waals surface area contributed by atoms with E-state index in [1.807, 2.05) is 10.9 Å². The summed E-state index contributed by atoms with van der Waals surface area (Å²) in [6, 6.07) is 12.4. The standard InChI is InChI=1S/2C7H8N2O2.H2O4S.H2O.Zn/c2*8-9-7(11)5-3-1-2-4-6(5)10;1-5(2,3)4;;/h2*1-4,10H,8H2,(H,9,11);(H2,1,2,3,4);1H2;/q;;;;+2/p-2. The van der Waals surface area contributed by atoms with Crippen LogP contribution < -0.4 is 22.5 Å². The van der Waals surface area contributed by atoms with Crippen molar-refractivity contribution in [3.8, 4) is 11.5 Å². The van der Waals surface area contributed by atoms with Crippen molar-refractivity contribution in [2.75, 3.05) is 0 Å². The van der Waals surface area contributed by atoms with Crippen molar-refractivity contribution in [3.63, 3.8) is 0 Å². The number of benzene rings is 2. The van der Waals surface area contributed by atoms with Crippen LogP contribution in [0.25, 0.3) is 0 Å². The molecule has 2 aromatic rings. The van der Waals surface area contributed by atoms with Crippen LogP contribution in [0.5, 0.6) is 11.5 Å². The molecule has 0 spiro atoms. The van der Waals surface area contributed by atoms with E-state index in [0.29, 0.717) is 0 Å². The smallest absolute Gasteiger partial charge is 0.759 e. The van der Waals surface area contributed by atoms with Gasteiger partial charge in [0, 0.05) is 10.4 Å². The van der Waals surface area contributed by atoms with Gasteiger partial charge in [0.05, 0.1) is 11.1 Å². The van der Waals surface area contributed by atoms with Crippen LogP contribution in [-0.4, -0.2) is 45.0 Å². The van der Waals surface area contributed by atoms with Crippen LogP contribution in [0.1, 0.15) is 20.7 Å². The largest absolute Gasteiger partial charge is 2.00 e. The number of nitrogens with two attached hydrogens (primary N) is 2. The molecule has 0 saturated carbocycles. The van der Waals surface area contributed by atoms with Crippen molar-refractivity contribution in [1.29, 1.82) is 0 Å². The van der Waals surface area contributed by atoms with Gasteiger partial charge in [0.15, 0.2) is 0 Å². The minimum absolute atomic E-state index is 0. The third-order valence-corrected chi connectivity index (χ3v) is 2.56. The van der Waals surface area contributed by atoms with Crippen LogP contribution in [0.2, 0.25) is 0 Å². The Hall–Kier alpha value is -2.65. The van der Waals surface area contributed by atoms with Gasteiger partial charge in [-0.25, -0.2) is 11.7 Å². The fourth-order valence-electron chi connectivity index (χ4n) is 1.49. The van der Waals surface area contributed by atoms with Gasteiger partial charge >= 0.3 is 19.5 Å². The number of hydrazine groups is 2. The second-order valence-electron chi connectivity index (χ2n) is 4.39. The van der Waals surface area contributed by atoms with E-state index in [-0.39, 0.29) is 47.6 Å². The summed E-state index contributed by atoms with van der Waals surface area (Å²) in [4.78, 5) is 21.7. The molecule has 0 heterocycles. The number of nitrogens with one attached hydrogen (secondary N) is 2. The Bertz CT molecular complexity index is 815. The predicted octanol–water partition coefficient (Wildman–Crippen LogP) is -2.17. The van der Waals surface area contributed by atoms with E-state index in [1.165, 1.54) is 24.3 Å². The number of hydrogen-bond acceptors (Lipinski definition) is 10. The van der Waals surface area contributed by atoms with Crippen LogP contribution >= 0.6 is 0 Å². The number of carbonyl (C=O) groups excluding carboxylic acids is 2. The number of phenolic OH excluding ortho intramolecular Hbond substituents is 2. The van der Waals surface area contributed by atoms with E-state index >= 15 is 0 Å². The van der Waals surface area contributed by atoms with Gasteiger partial charge in [0.1, 0.15) is 11.5 Å². The normalized spacial score (nSPS) is 8.97. The molecule has 0 aliphatic carbocycles. The van der Waals surface area contributed by atoms with Crippen molar-refractivity contribution >= 4 is 22.2 Å². The molecule has 0 aromatic heterocycles. The maximum Gasteiger partial charge on any atom is 2.00 e. The van der Waals surface area contributed by atoms with Crippen molar-refractivity contribution in [3.05, 3.63) is 59.7 Å². The average molecular weight is 484 g/mol. The molecule has 0 saturated heterocycles. The van der Waals surface area contributed by atoms with Crippen molar-refractivity contribution < 1.29 is 62.3 Å². The molecule has 15 heteroatoms. The molecule has 2 rings (SSSR count). The third kappa shape index (κ3) is 14.1. The Balaban J connectivity index is -0.000000361. The monoisotopic (exact) mass is 482 g/mol. The number of rotatable bonds is 2. The first kappa shape index (κ1) is 31.1. The number of hydrogen-bond donors (Lipinski definition) is 6. The number of amides is 2. The Kier molecular flexibility index (Phi) is 16.4. The molecule has 13 nitrogen and oxygen atoms in total. The van der Waals surface area contributed by atoms with Crippen molar-refractivity contribution in [1.82, 2.24) is 10.9 Å². The molecule has 0 fully saturated rings. The van der Waals surface area contributed by atoms with E-state index < -0.39 is 22.2 Å². The van der Waals surface area contributed by atoms with Crippen LogP contribution in [0.15, 0.2) is 48.5 Å².